The van der Waals surface area contributed by atoms with E-state index in [9.17, 15) is 15.3 Å². The lowest BCUT2D eigenvalue weighted by molar-refractivity contribution is 0.372. The highest BCUT2D eigenvalue weighted by molar-refractivity contribution is 7.25. The monoisotopic (exact) mass is 580 g/mol. The molecule has 0 atom stereocenters. The van der Waals surface area contributed by atoms with Gasteiger partial charge in [-0.1, -0.05) is 97.1 Å². The quantitative estimate of drug-likeness (QED) is 0.113. The van der Waals surface area contributed by atoms with E-state index in [1.54, 1.807) is 0 Å². The SMILES string of the molecule is [B]c1c(O)c(O)c(O)c([B])c1-c1c2ccccc2c(-c2cccc(-c3cccc4sc5ccccc5c34)c2)c2ccccc12. The molecule has 3 N–H and O–H groups in total. The van der Waals surface area contributed by atoms with Gasteiger partial charge in [0.25, 0.3) is 0 Å². The lowest BCUT2D eigenvalue weighted by atomic mass is 9.74. The van der Waals surface area contributed by atoms with E-state index in [2.05, 4.69) is 78.9 Å². The lowest BCUT2D eigenvalue weighted by Gasteiger charge is -2.22. The van der Waals surface area contributed by atoms with E-state index in [4.69, 9.17) is 15.7 Å². The van der Waals surface area contributed by atoms with Gasteiger partial charge < -0.3 is 15.3 Å². The third kappa shape index (κ3) is 3.78. The van der Waals surface area contributed by atoms with Crippen LogP contribution in [0.15, 0.2) is 115 Å². The number of thiophene rings is 1. The zero-order valence-electron chi connectivity index (χ0n) is 23.4. The number of fused-ring (bicyclic) bond motifs is 5. The van der Waals surface area contributed by atoms with Crippen LogP contribution in [0.5, 0.6) is 17.2 Å². The third-order valence-corrected chi connectivity index (χ3v) is 9.68. The van der Waals surface area contributed by atoms with Gasteiger partial charge in [-0.15, -0.1) is 11.3 Å². The Morgan fingerprint density at radius 3 is 1.57 bits per heavy atom. The molecule has 1 heterocycles. The molecule has 0 aliphatic rings. The minimum Gasteiger partial charge on any atom is -0.505 e. The maximum atomic E-state index is 10.6. The first-order chi connectivity index (χ1) is 21.4. The summed E-state index contributed by atoms with van der Waals surface area (Å²) in [6, 6.07) is 39.6. The van der Waals surface area contributed by atoms with E-state index in [-0.39, 0.29) is 16.5 Å². The second-order valence-corrected chi connectivity index (χ2v) is 12.0. The summed E-state index contributed by atoms with van der Waals surface area (Å²) in [7, 11) is 12.8. The zero-order valence-corrected chi connectivity index (χ0v) is 24.2. The molecular formula is C38H22B2O3S. The third-order valence-electron chi connectivity index (χ3n) is 8.54. The fraction of sp³-hybridized carbons (Fsp3) is 0. The normalized spacial score (nSPS) is 11.6. The van der Waals surface area contributed by atoms with Crippen LogP contribution >= 0.6 is 11.3 Å². The second-order valence-electron chi connectivity index (χ2n) is 10.9. The molecule has 0 saturated heterocycles. The minimum absolute atomic E-state index is 0.0982. The summed E-state index contributed by atoms with van der Waals surface area (Å²) in [5.41, 5.74) is 5.16. The van der Waals surface area contributed by atoms with Gasteiger partial charge in [0.15, 0.2) is 17.2 Å². The van der Waals surface area contributed by atoms with Gasteiger partial charge in [0.1, 0.15) is 15.7 Å². The number of phenols is 3. The number of hydrogen-bond donors (Lipinski definition) is 3. The molecule has 0 saturated carbocycles. The van der Waals surface area contributed by atoms with Crippen molar-refractivity contribution in [3.8, 4) is 50.6 Å². The van der Waals surface area contributed by atoms with Gasteiger partial charge >= 0.3 is 0 Å². The molecule has 0 unspecified atom stereocenters. The molecule has 204 valence electrons. The minimum atomic E-state index is -0.737. The Hall–Kier alpha value is -5.19. The maximum absolute atomic E-state index is 10.6. The van der Waals surface area contributed by atoms with Crippen LogP contribution in [0, 0.1) is 0 Å². The predicted octanol–water partition coefficient (Wildman–Crippen LogP) is 8.07. The molecule has 44 heavy (non-hydrogen) atoms. The largest absolute Gasteiger partial charge is 0.505 e. The summed E-state index contributed by atoms with van der Waals surface area (Å²) >= 11 is 1.81. The molecule has 6 heteroatoms. The van der Waals surface area contributed by atoms with Gasteiger partial charge in [-0.2, -0.15) is 0 Å². The molecule has 3 nitrogen and oxygen atoms in total. The maximum Gasteiger partial charge on any atom is 0.199 e. The number of aromatic hydroxyl groups is 3. The number of rotatable bonds is 3. The van der Waals surface area contributed by atoms with Gasteiger partial charge in [-0.3, -0.25) is 0 Å². The molecule has 0 spiro atoms. The summed E-state index contributed by atoms with van der Waals surface area (Å²) in [6.07, 6.45) is 0. The van der Waals surface area contributed by atoms with Crippen LogP contribution in [-0.4, -0.2) is 31.0 Å². The van der Waals surface area contributed by atoms with Crippen LogP contribution < -0.4 is 10.9 Å². The molecule has 0 amide bonds. The average Bonchev–Trinajstić information content (AvgIpc) is 3.45. The predicted molar refractivity (Wildman–Crippen MR) is 186 cm³/mol. The molecule has 1 aromatic heterocycles. The topological polar surface area (TPSA) is 60.7 Å². The number of phenolic OH excluding ortho intramolecular Hbond substituents is 3. The van der Waals surface area contributed by atoms with Crippen LogP contribution in [0.1, 0.15) is 0 Å². The molecule has 8 aromatic rings. The van der Waals surface area contributed by atoms with Crippen LogP contribution in [0.2, 0.25) is 0 Å². The first-order valence-corrected chi connectivity index (χ1v) is 15.0. The Labute approximate surface area is 260 Å². The van der Waals surface area contributed by atoms with Crippen molar-refractivity contribution in [2.45, 2.75) is 0 Å². The fourth-order valence-corrected chi connectivity index (χ4v) is 7.72. The van der Waals surface area contributed by atoms with Crippen LogP contribution in [0.3, 0.4) is 0 Å². The molecule has 0 aliphatic carbocycles. The standard InChI is InChI=1S/C38H22B2O3S/c39-34-33(35(40)37(42)38(43)36(34)41)32-25-13-3-1-11-23(25)30(24-12-2-4-14-26(24)32)21-10-7-9-20(19-21)22-16-8-18-29-31(22)27-15-5-6-17-28(27)44-29/h1-19,41-43H. The van der Waals surface area contributed by atoms with Crippen molar-refractivity contribution in [3.63, 3.8) is 0 Å². The van der Waals surface area contributed by atoms with Crippen molar-refractivity contribution in [1.82, 2.24) is 0 Å². The van der Waals surface area contributed by atoms with Gasteiger partial charge in [-0.25, -0.2) is 0 Å². The van der Waals surface area contributed by atoms with Crippen molar-refractivity contribution in [2.75, 3.05) is 0 Å². The summed E-state index contributed by atoms with van der Waals surface area (Å²) in [5.74, 6) is -1.95. The molecular weight excluding hydrogens is 558 g/mol. The smallest absolute Gasteiger partial charge is 0.199 e. The highest BCUT2D eigenvalue weighted by Crippen LogP contribution is 2.46. The highest BCUT2D eigenvalue weighted by atomic mass is 32.1. The average molecular weight is 580 g/mol. The van der Waals surface area contributed by atoms with E-state index >= 15 is 0 Å². The van der Waals surface area contributed by atoms with Gasteiger partial charge in [0, 0.05) is 20.2 Å². The Bertz CT molecular complexity index is 2380. The van der Waals surface area contributed by atoms with Crippen LogP contribution in [0.25, 0.3) is 75.1 Å². The summed E-state index contributed by atoms with van der Waals surface area (Å²) < 4.78 is 2.52. The molecule has 4 radical (unpaired) electrons. The number of benzene rings is 7. The molecule has 0 aliphatic heterocycles. The van der Waals surface area contributed by atoms with E-state index in [1.165, 1.54) is 25.7 Å². The summed E-state index contributed by atoms with van der Waals surface area (Å²) in [6.45, 7) is 0. The van der Waals surface area contributed by atoms with E-state index in [1.807, 2.05) is 47.7 Å². The van der Waals surface area contributed by atoms with Crippen LogP contribution in [-0.2, 0) is 0 Å². The Morgan fingerprint density at radius 1 is 0.432 bits per heavy atom. The lowest BCUT2D eigenvalue weighted by Crippen LogP contribution is -2.21. The molecule has 0 bridgehead atoms. The molecule has 0 fully saturated rings. The van der Waals surface area contributed by atoms with Crippen molar-refractivity contribution in [3.05, 3.63) is 115 Å². The molecule has 8 rings (SSSR count). The first-order valence-electron chi connectivity index (χ1n) is 14.2. The van der Waals surface area contributed by atoms with Gasteiger partial charge in [0.2, 0.25) is 0 Å². The molecule has 7 aromatic carbocycles. The Morgan fingerprint density at radius 2 is 0.932 bits per heavy atom. The van der Waals surface area contributed by atoms with Crippen molar-refractivity contribution in [1.29, 1.82) is 0 Å². The Kier molecular flexibility index (Phi) is 5.97. The summed E-state index contributed by atoms with van der Waals surface area (Å²) in [4.78, 5) is 0. The van der Waals surface area contributed by atoms with E-state index in [0.717, 1.165) is 38.2 Å². The number of hydrogen-bond acceptors (Lipinski definition) is 4. The fourth-order valence-electron chi connectivity index (χ4n) is 6.58. The van der Waals surface area contributed by atoms with Crippen LogP contribution in [0.4, 0.5) is 0 Å². The zero-order chi connectivity index (χ0) is 30.1. The van der Waals surface area contributed by atoms with E-state index < -0.39 is 17.2 Å². The van der Waals surface area contributed by atoms with Crippen molar-refractivity contribution >= 4 is 79.7 Å². The highest BCUT2D eigenvalue weighted by Gasteiger charge is 2.24. The van der Waals surface area contributed by atoms with Gasteiger partial charge in [0.05, 0.1) is 0 Å². The van der Waals surface area contributed by atoms with Crippen molar-refractivity contribution in [2.24, 2.45) is 0 Å². The van der Waals surface area contributed by atoms with E-state index in [0.29, 0.717) is 5.56 Å². The second kappa shape index (κ2) is 9.93. The first kappa shape index (κ1) is 26.4. The van der Waals surface area contributed by atoms with Crippen molar-refractivity contribution < 1.29 is 15.3 Å². The van der Waals surface area contributed by atoms with Gasteiger partial charge in [-0.05, 0) is 84.1 Å². The summed E-state index contributed by atoms with van der Waals surface area (Å²) in [5, 5.41) is 37.6. The Balaban J connectivity index is 1.45.